The minimum atomic E-state index is -0.593. The van der Waals surface area contributed by atoms with Crippen molar-refractivity contribution >= 4 is 17.4 Å². The Morgan fingerprint density at radius 3 is 2.63 bits per heavy atom. The van der Waals surface area contributed by atoms with Crippen molar-refractivity contribution in [2.24, 2.45) is 5.73 Å². The summed E-state index contributed by atoms with van der Waals surface area (Å²) in [6, 6.07) is 15.2. The lowest BCUT2D eigenvalue weighted by atomic mass is 10.1. The summed E-state index contributed by atoms with van der Waals surface area (Å²) in [5.74, 6) is 0.353. The highest BCUT2D eigenvalue weighted by Gasteiger charge is 2.20. The Balaban J connectivity index is 1.57. The van der Waals surface area contributed by atoms with Gasteiger partial charge in [0.05, 0.1) is 13.2 Å². The van der Waals surface area contributed by atoms with E-state index in [2.05, 4.69) is 22.3 Å². The second-order valence-electron chi connectivity index (χ2n) is 7.32. The molecule has 7 heteroatoms. The number of carbonyl (C=O) groups is 1. The number of amidine groups is 1. The molecule has 1 saturated heterocycles. The third-order valence-corrected chi connectivity index (χ3v) is 5.05. The zero-order chi connectivity index (χ0) is 21.3. The molecule has 0 spiro atoms. The van der Waals surface area contributed by atoms with Gasteiger partial charge in [-0.25, -0.2) is 0 Å². The maximum absolute atomic E-state index is 12.7. The zero-order valence-electron chi connectivity index (χ0n) is 17.4. The Bertz CT molecular complexity index is 848. The third-order valence-electron chi connectivity index (χ3n) is 5.05. The first-order valence-electron chi connectivity index (χ1n) is 10.4. The van der Waals surface area contributed by atoms with Crippen molar-refractivity contribution in [3.05, 3.63) is 59.7 Å². The van der Waals surface area contributed by atoms with Crippen molar-refractivity contribution in [3.63, 3.8) is 0 Å². The normalized spacial score (nSPS) is 14.8. The predicted molar refractivity (Wildman–Crippen MR) is 118 cm³/mol. The first kappa shape index (κ1) is 21.6. The van der Waals surface area contributed by atoms with Crippen molar-refractivity contribution in [1.29, 1.82) is 5.41 Å². The van der Waals surface area contributed by atoms with Crippen LogP contribution in [0.5, 0.6) is 5.75 Å². The number of rotatable bonds is 9. The molecule has 0 radical (unpaired) electrons. The predicted octanol–water partition coefficient (Wildman–Crippen LogP) is 2.67. The minimum absolute atomic E-state index is 0.0301. The quantitative estimate of drug-likeness (QED) is 0.436. The van der Waals surface area contributed by atoms with E-state index in [9.17, 15) is 4.79 Å². The van der Waals surface area contributed by atoms with Gasteiger partial charge in [-0.2, -0.15) is 0 Å². The van der Waals surface area contributed by atoms with Crippen LogP contribution in [0.3, 0.4) is 0 Å². The van der Waals surface area contributed by atoms with E-state index < -0.39 is 6.10 Å². The van der Waals surface area contributed by atoms with E-state index in [0.29, 0.717) is 24.3 Å². The molecule has 0 aliphatic carbocycles. The summed E-state index contributed by atoms with van der Waals surface area (Å²) in [6.07, 6.45) is 0.829. The van der Waals surface area contributed by atoms with Crippen LogP contribution in [0, 0.1) is 5.41 Å². The summed E-state index contributed by atoms with van der Waals surface area (Å²) in [6.45, 7) is 5.77. The molecule has 3 rings (SSSR count). The maximum Gasteiger partial charge on any atom is 0.261 e. The van der Waals surface area contributed by atoms with Crippen LogP contribution in [0.1, 0.15) is 30.9 Å². The first-order valence-corrected chi connectivity index (χ1v) is 10.4. The average Bonchev–Trinajstić information content (AvgIpc) is 2.78. The van der Waals surface area contributed by atoms with Crippen LogP contribution in [-0.4, -0.2) is 44.2 Å². The second-order valence-corrected chi connectivity index (χ2v) is 7.32. The summed E-state index contributed by atoms with van der Waals surface area (Å²) in [4.78, 5) is 15.0. The summed E-state index contributed by atoms with van der Waals surface area (Å²) < 4.78 is 11.3. The third kappa shape index (κ3) is 5.97. The van der Waals surface area contributed by atoms with Crippen molar-refractivity contribution < 1.29 is 14.3 Å². The van der Waals surface area contributed by atoms with Crippen LogP contribution in [-0.2, 0) is 16.1 Å². The number of morpholine rings is 1. The average molecular weight is 411 g/mol. The molecule has 7 nitrogen and oxygen atoms in total. The second kappa shape index (κ2) is 10.6. The van der Waals surface area contributed by atoms with Crippen molar-refractivity contribution in [1.82, 2.24) is 5.32 Å². The van der Waals surface area contributed by atoms with Crippen molar-refractivity contribution in [3.8, 4) is 5.75 Å². The number of carbonyl (C=O) groups excluding carboxylic acids is 1. The lowest BCUT2D eigenvalue weighted by Gasteiger charge is -2.29. The first-order chi connectivity index (χ1) is 14.6. The topological polar surface area (TPSA) is 101 Å². The summed E-state index contributed by atoms with van der Waals surface area (Å²) >= 11 is 0. The minimum Gasteiger partial charge on any atom is -0.481 e. The Hall–Kier alpha value is -3.06. The van der Waals surface area contributed by atoms with Gasteiger partial charge in [-0.1, -0.05) is 37.6 Å². The Labute approximate surface area is 177 Å². The highest BCUT2D eigenvalue weighted by molar-refractivity contribution is 5.95. The molecule has 1 fully saturated rings. The van der Waals surface area contributed by atoms with E-state index in [0.717, 1.165) is 38.3 Å². The molecule has 0 bridgehead atoms. The highest BCUT2D eigenvalue weighted by atomic mass is 16.5. The zero-order valence-corrected chi connectivity index (χ0v) is 17.4. The molecular weight excluding hydrogens is 380 g/mol. The van der Waals surface area contributed by atoms with Crippen LogP contribution < -0.4 is 20.7 Å². The van der Waals surface area contributed by atoms with Gasteiger partial charge in [0.15, 0.2) is 6.10 Å². The van der Waals surface area contributed by atoms with Gasteiger partial charge in [0.25, 0.3) is 5.91 Å². The van der Waals surface area contributed by atoms with Crippen molar-refractivity contribution in [2.75, 3.05) is 31.2 Å². The lowest BCUT2D eigenvalue weighted by Crippen LogP contribution is -2.38. The summed E-state index contributed by atoms with van der Waals surface area (Å²) in [5.41, 5.74) is 8.32. The number of nitrogens with one attached hydrogen (secondary N) is 2. The number of hydrogen-bond acceptors (Lipinski definition) is 5. The molecule has 1 amide bonds. The van der Waals surface area contributed by atoms with E-state index in [1.54, 1.807) is 24.3 Å². The fourth-order valence-electron chi connectivity index (χ4n) is 3.36. The van der Waals surface area contributed by atoms with Crippen LogP contribution >= 0.6 is 0 Å². The molecule has 1 unspecified atom stereocenters. The van der Waals surface area contributed by atoms with E-state index in [-0.39, 0.29) is 11.7 Å². The molecule has 1 aliphatic heterocycles. The van der Waals surface area contributed by atoms with Gasteiger partial charge in [0, 0.05) is 30.9 Å². The van der Waals surface area contributed by atoms with Crippen LogP contribution in [0.15, 0.2) is 48.5 Å². The van der Waals surface area contributed by atoms with Crippen LogP contribution in [0.2, 0.25) is 0 Å². The molecule has 0 saturated carbocycles. The number of nitrogen functional groups attached to an aromatic ring is 1. The monoisotopic (exact) mass is 410 g/mol. The molecule has 1 aliphatic rings. The van der Waals surface area contributed by atoms with Gasteiger partial charge in [0.2, 0.25) is 0 Å². The van der Waals surface area contributed by atoms with Crippen molar-refractivity contribution in [2.45, 2.75) is 32.4 Å². The standard InChI is InChI=1S/C23H30N4O3/c1-2-4-21(30-20-6-3-5-18(15-20)22(24)25)23(28)26-16-17-7-9-19(10-8-17)27-11-13-29-14-12-27/h3,5-10,15,21H,2,4,11-14,16H2,1H3,(H3,24,25)(H,26,28). The van der Waals surface area contributed by atoms with Gasteiger partial charge in [0.1, 0.15) is 11.6 Å². The Morgan fingerprint density at radius 2 is 1.97 bits per heavy atom. The van der Waals surface area contributed by atoms with E-state index in [4.69, 9.17) is 20.6 Å². The molecule has 1 atom stereocenters. The van der Waals surface area contributed by atoms with Crippen LogP contribution in [0.25, 0.3) is 0 Å². The molecule has 30 heavy (non-hydrogen) atoms. The number of nitrogens with two attached hydrogens (primary N) is 1. The van der Waals surface area contributed by atoms with Gasteiger partial charge >= 0.3 is 0 Å². The van der Waals surface area contributed by atoms with E-state index in [1.807, 2.05) is 19.1 Å². The van der Waals surface area contributed by atoms with Gasteiger partial charge in [-0.05, 0) is 36.2 Å². The fourth-order valence-corrected chi connectivity index (χ4v) is 3.36. The van der Waals surface area contributed by atoms with Gasteiger partial charge in [-0.15, -0.1) is 0 Å². The highest BCUT2D eigenvalue weighted by Crippen LogP contribution is 2.18. The molecule has 160 valence electrons. The number of amides is 1. The molecule has 0 aromatic heterocycles. The maximum atomic E-state index is 12.7. The van der Waals surface area contributed by atoms with E-state index in [1.165, 1.54) is 5.69 Å². The number of benzene rings is 2. The largest absolute Gasteiger partial charge is 0.481 e. The molecular formula is C23H30N4O3. The van der Waals surface area contributed by atoms with Gasteiger partial charge in [-0.3, -0.25) is 10.2 Å². The lowest BCUT2D eigenvalue weighted by molar-refractivity contribution is -0.128. The van der Waals surface area contributed by atoms with Crippen LogP contribution in [0.4, 0.5) is 5.69 Å². The van der Waals surface area contributed by atoms with Gasteiger partial charge < -0.3 is 25.4 Å². The Morgan fingerprint density at radius 1 is 1.23 bits per heavy atom. The number of hydrogen-bond donors (Lipinski definition) is 3. The molecule has 2 aromatic carbocycles. The molecule has 2 aromatic rings. The SMILES string of the molecule is CCCC(Oc1cccc(C(=N)N)c1)C(=O)NCc1ccc(N2CCOCC2)cc1. The summed E-state index contributed by atoms with van der Waals surface area (Å²) in [5, 5.41) is 10.5. The number of anilines is 1. The Kier molecular flexibility index (Phi) is 7.68. The fraction of sp³-hybridized carbons (Fsp3) is 0.391. The molecule has 1 heterocycles. The summed E-state index contributed by atoms with van der Waals surface area (Å²) in [7, 11) is 0. The smallest absolute Gasteiger partial charge is 0.261 e. The molecule has 4 N–H and O–H groups in total. The number of nitrogens with zero attached hydrogens (tertiary/aromatic N) is 1. The number of ether oxygens (including phenoxy) is 2. The van der Waals surface area contributed by atoms with E-state index >= 15 is 0 Å².